The fourth-order valence-electron chi connectivity index (χ4n) is 0.563. The zero-order valence-electron chi connectivity index (χ0n) is 7.38. The Morgan fingerprint density at radius 2 is 2.15 bits per heavy atom. The van der Waals surface area contributed by atoms with E-state index in [-0.39, 0.29) is 5.91 Å². The van der Waals surface area contributed by atoms with Gasteiger partial charge in [0.15, 0.2) is 0 Å². The molecule has 74 valence electrons. The van der Waals surface area contributed by atoms with Crippen LogP contribution in [0.1, 0.15) is 6.92 Å². The van der Waals surface area contributed by atoms with E-state index >= 15 is 0 Å². The fourth-order valence-corrected chi connectivity index (χ4v) is 0.658. The first-order valence-electron chi connectivity index (χ1n) is 3.89. The summed E-state index contributed by atoms with van der Waals surface area (Å²) >= 11 is 5.33. The van der Waals surface area contributed by atoms with Gasteiger partial charge in [-0.3, -0.25) is 4.79 Å². The number of ether oxygens (including phenoxy) is 1. The third-order valence-corrected chi connectivity index (χ3v) is 1.24. The van der Waals surface area contributed by atoms with Gasteiger partial charge in [-0.15, -0.1) is 11.6 Å². The van der Waals surface area contributed by atoms with Gasteiger partial charge in [0.2, 0.25) is 5.91 Å². The quantitative estimate of drug-likeness (QED) is 0.403. The molecule has 0 heterocycles. The smallest absolute Gasteiger partial charge is 0.330 e. The molecule has 0 unspecified atom stereocenters. The van der Waals surface area contributed by atoms with Crippen LogP contribution in [-0.2, 0) is 14.3 Å². The van der Waals surface area contributed by atoms with Gasteiger partial charge in [0.1, 0.15) is 0 Å². The number of rotatable bonds is 5. The molecule has 0 bridgehead atoms. The zero-order valence-corrected chi connectivity index (χ0v) is 8.13. The maximum atomic E-state index is 10.8. The summed E-state index contributed by atoms with van der Waals surface area (Å²) in [4.78, 5) is 21.6. The van der Waals surface area contributed by atoms with Crippen LogP contribution in [0.25, 0.3) is 0 Å². The molecule has 0 aromatic carbocycles. The van der Waals surface area contributed by atoms with Crippen molar-refractivity contribution in [2.45, 2.75) is 6.92 Å². The zero-order chi connectivity index (χ0) is 10.1. The van der Waals surface area contributed by atoms with Gasteiger partial charge >= 0.3 is 5.97 Å². The number of nitrogens with one attached hydrogen (secondary N) is 1. The van der Waals surface area contributed by atoms with Crippen LogP contribution in [0.4, 0.5) is 0 Å². The van der Waals surface area contributed by atoms with E-state index in [2.05, 4.69) is 10.1 Å². The minimum atomic E-state index is -0.525. The molecular weight excluding hydrogens is 194 g/mol. The molecule has 13 heavy (non-hydrogen) atoms. The molecule has 1 N–H and O–H groups in total. The molecule has 0 aromatic heterocycles. The van der Waals surface area contributed by atoms with Crippen LogP contribution in [-0.4, -0.2) is 30.9 Å². The molecule has 0 aliphatic heterocycles. The monoisotopic (exact) mass is 205 g/mol. The van der Waals surface area contributed by atoms with Gasteiger partial charge in [-0.1, -0.05) is 0 Å². The van der Waals surface area contributed by atoms with E-state index in [4.69, 9.17) is 11.6 Å². The van der Waals surface area contributed by atoms with Crippen LogP contribution in [0.15, 0.2) is 12.2 Å². The predicted molar refractivity (Wildman–Crippen MR) is 49.5 cm³/mol. The third-order valence-electron chi connectivity index (χ3n) is 1.05. The summed E-state index contributed by atoms with van der Waals surface area (Å²) in [6, 6.07) is 0. The Balaban J connectivity index is 3.69. The Morgan fingerprint density at radius 3 is 2.69 bits per heavy atom. The molecule has 5 heteroatoms. The maximum absolute atomic E-state index is 10.8. The first-order chi connectivity index (χ1) is 6.20. The summed E-state index contributed by atoms with van der Waals surface area (Å²) in [5.41, 5.74) is 0. The molecule has 0 aliphatic carbocycles. The summed E-state index contributed by atoms with van der Waals surface area (Å²) in [6.07, 6.45) is 2.19. The predicted octanol–water partition coefficient (Wildman–Crippen LogP) is 0.461. The standard InChI is InChI=1S/C8H12ClNO3/c1-2-13-8(12)4-3-7(11)10-6-5-9/h3-4H,2,5-6H2,1H3,(H,10,11)/b4-3+. The number of alkyl halides is 1. The normalized spacial score (nSPS) is 10.0. The van der Waals surface area contributed by atoms with Crippen LogP contribution < -0.4 is 5.32 Å². The van der Waals surface area contributed by atoms with Crippen LogP contribution >= 0.6 is 11.6 Å². The highest BCUT2D eigenvalue weighted by atomic mass is 35.5. The lowest BCUT2D eigenvalue weighted by Crippen LogP contribution is -2.23. The Bertz CT molecular complexity index is 204. The third kappa shape index (κ3) is 7.33. The minimum absolute atomic E-state index is 0.298. The SMILES string of the molecule is CCOC(=O)/C=C/C(=O)NCCCl. The lowest BCUT2D eigenvalue weighted by molar-refractivity contribution is -0.137. The van der Waals surface area contributed by atoms with Gasteiger partial charge in [-0.2, -0.15) is 0 Å². The summed E-state index contributed by atoms with van der Waals surface area (Å²) in [6.45, 7) is 2.37. The highest BCUT2D eigenvalue weighted by Crippen LogP contribution is 1.81. The highest BCUT2D eigenvalue weighted by molar-refractivity contribution is 6.18. The molecular formula is C8H12ClNO3. The molecule has 4 nitrogen and oxygen atoms in total. The van der Waals surface area contributed by atoms with Crippen molar-refractivity contribution in [1.82, 2.24) is 5.32 Å². The summed E-state index contributed by atoms with van der Waals surface area (Å²) in [5.74, 6) is -0.531. The molecule has 0 rings (SSSR count). The van der Waals surface area contributed by atoms with Gasteiger partial charge in [0, 0.05) is 24.6 Å². The Morgan fingerprint density at radius 1 is 1.46 bits per heavy atom. The second-order valence-corrected chi connectivity index (χ2v) is 2.44. The van der Waals surface area contributed by atoms with Crippen molar-refractivity contribution < 1.29 is 14.3 Å². The van der Waals surface area contributed by atoms with Crippen molar-refractivity contribution in [3.05, 3.63) is 12.2 Å². The number of carbonyl (C=O) groups is 2. The van der Waals surface area contributed by atoms with Gasteiger partial charge in [-0.05, 0) is 6.92 Å². The molecule has 0 spiro atoms. The molecule has 0 fully saturated rings. The molecule has 0 radical (unpaired) electrons. The van der Waals surface area contributed by atoms with E-state index in [1.807, 2.05) is 0 Å². The van der Waals surface area contributed by atoms with Crippen molar-refractivity contribution in [3.8, 4) is 0 Å². The van der Waals surface area contributed by atoms with Crippen molar-refractivity contribution in [2.75, 3.05) is 19.0 Å². The van der Waals surface area contributed by atoms with Crippen molar-refractivity contribution in [1.29, 1.82) is 0 Å². The van der Waals surface area contributed by atoms with Crippen LogP contribution in [0.3, 0.4) is 0 Å². The maximum Gasteiger partial charge on any atom is 0.330 e. The summed E-state index contributed by atoms with van der Waals surface area (Å²) < 4.78 is 4.56. The van der Waals surface area contributed by atoms with E-state index in [1.165, 1.54) is 0 Å². The van der Waals surface area contributed by atoms with Crippen LogP contribution in [0.2, 0.25) is 0 Å². The lowest BCUT2D eigenvalue weighted by atomic mass is 10.4. The first-order valence-corrected chi connectivity index (χ1v) is 4.42. The van der Waals surface area contributed by atoms with E-state index in [0.29, 0.717) is 19.0 Å². The summed E-state index contributed by atoms with van der Waals surface area (Å²) in [7, 11) is 0. The minimum Gasteiger partial charge on any atom is -0.463 e. The van der Waals surface area contributed by atoms with Gasteiger partial charge in [0.25, 0.3) is 0 Å². The number of hydrogen-bond donors (Lipinski definition) is 1. The molecule has 1 amide bonds. The van der Waals surface area contributed by atoms with Gasteiger partial charge in [0.05, 0.1) is 6.61 Å². The number of carbonyl (C=O) groups excluding carboxylic acids is 2. The second-order valence-electron chi connectivity index (χ2n) is 2.07. The van der Waals surface area contributed by atoms with Crippen LogP contribution in [0, 0.1) is 0 Å². The second kappa shape index (κ2) is 7.61. The molecule has 0 atom stereocenters. The van der Waals surface area contributed by atoms with Crippen LogP contribution in [0.5, 0.6) is 0 Å². The van der Waals surface area contributed by atoms with E-state index in [0.717, 1.165) is 12.2 Å². The van der Waals surface area contributed by atoms with E-state index < -0.39 is 5.97 Å². The average molecular weight is 206 g/mol. The molecule has 0 saturated carbocycles. The van der Waals surface area contributed by atoms with Gasteiger partial charge < -0.3 is 10.1 Å². The number of halogens is 1. The Kier molecular flexibility index (Phi) is 7.01. The first kappa shape index (κ1) is 12.0. The van der Waals surface area contributed by atoms with Crippen molar-refractivity contribution in [2.24, 2.45) is 0 Å². The Hall–Kier alpha value is -1.03. The molecule has 0 aliphatic rings. The number of esters is 1. The number of hydrogen-bond acceptors (Lipinski definition) is 3. The lowest BCUT2D eigenvalue weighted by Gasteiger charge is -1.96. The van der Waals surface area contributed by atoms with E-state index in [1.54, 1.807) is 6.92 Å². The number of amides is 1. The molecule has 0 aromatic rings. The highest BCUT2D eigenvalue weighted by Gasteiger charge is 1.96. The van der Waals surface area contributed by atoms with Crippen molar-refractivity contribution >= 4 is 23.5 Å². The largest absolute Gasteiger partial charge is 0.463 e. The fraction of sp³-hybridized carbons (Fsp3) is 0.500. The van der Waals surface area contributed by atoms with Crippen molar-refractivity contribution in [3.63, 3.8) is 0 Å². The topological polar surface area (TPSA) is 55.4 Å². The summed E-state index contributed by atoms with van der Waals surface area (Å²) in [5, 5.41) is 2.46. The van der Waals surface area contributed by atoms with Gasteiger partial charge in [-0.25, -0.2) is 4.79 Å². The average Bonchev–Trinajstić information content (AvgIpc) is 2.12. The molecule has 0 saturated heterocycles. The van der Waals surface area contributed by atoms with E-state index in [9.17, 15) is 9.59 Å². The Labute approximate surface area is 81.9 Å².